The first-order chi connectivity index (χ1) is 12.9. The Kier molecular flexibility index (Phi) is 7.11. The molecule has 2 N–H and O–H groups in total. The first kappa shape index (κ1) is 20.2. The summed E-state index contributed by atoms with van der Waals surface area (Å²) < 4.78 is 0. The second kappa shape index (κ2) is 9.52. The molecule has 0 aliphatic rings. The van der Waals surface area contributed by atoms with Crippen LogP contribution in [0.5, 0.6) is 0 Å². The van der Waals surface area contributed by atoms with Gasteiger partial charge < -0.3 is 15.3 Å². The quantitative estimate of drug-likeness (QED) is 0.750. The number of carboxylic acids is 1. The second-order valence-corrected chi connectivity index (χ2v) is 6.39. The molecule has 6 nitrogen and oxygen atoms in total. The molecule has 2 atom stereocenters. The zero-order chi connectivity index (χ0) is 19.8. The van der Waals surface area contributed by atoms with Crippen LogP contribution in [0.1, 0.15) is 37.4 Å². The molecule has 142 valence electrons. The molecule has 0 saturated carbocycles. The number of benzene rings is 2. The lowest BCUT2D eigenvalue weighted by molar-refractivity contribution is -0.150. The van der Waals surface area contributed by atoms with Crippen molar-refractivity contribution in [3.8, 4) is 0 Å². The van der Waals surface area contributed by atoms with E-state index >= 15 is 0 Å². The van der Waals surface area contributed by atoms with Crippen molar-refractivity contribution >= 4 is 17.8 Å². The van der Waals surface area contributed by atoms with E-state index in [0.717, 1.165) is 11.1 Å². The Morgan fingerprint density at radius 3 is 2.07 bits per heavy atom. The van der Waals surface area contributed by atoms with E-state index in [1.54, 1.807) is 0 Å². The fourth-order valence-electron chi connectivity index (χ4n) is 2.83. The minimum Gasteiger partial charge on any atom is -0.480 e. The fraction of sp³-hybridized carbons (Fsp3) is 0.286. The maximum Gasteiger partial charge on any atom is 0.326 e. The average Bonchev–Trinajstić information content (AvgIpc) is 2.66. The molecule has 2 aromatic rings. The summed E-state index contributed by atoms with van der Waals surface area (Å²) in [6.07, 6.45) is -0.0198. The maximum atomic E-state index is 13.0. The van der Waals surface area contributed by atoms with E-state index in [0.29, 0.717) is 0 Å². The summed E-state index contributed by atoms with van der Waals surface area (Å²) in [6, 6.07) is 16.9. The number of carbonyl (C=O) groups is 3. The lowest BCUT2D eigenvalue weighted by Gasteiger charge is -2.29. The molecule has 0 fully saturated rings. The van der Waals surface area contributed by atoms with Crippen molar-refractivity contribution in [2.75, 3.05) is 0 Å². The Morgan fingerprint density at radius 2 is 1.56 bits per heavy atom. The maximum absolute atomic E-state index is 13.0. The van der Waals surface area contributed by atoms with Crippen molar-refractivity contribution in [2.24, 2.45) is 0 Å². The van der Waals surface area contributed by atoms with Gasteiger partial charge in [0.05, 0.1) is 12.5 Å². The summed E-state index contributed by atoms with van der Waals surface area (Å²) in [7, 11) is 0. The fourth-order valence-corrected chi connectivity index (χ4v) is 2.83. The largest absolute Gasteiger partial charge is 0.480 e. The normalized spacial score (nSPS) is 12.7. The summed E-state index contributed by atoms with van der Waals surface area (Å²) >= 11 is 0. The molecule has 6 heteroatoms. The van der Waals surface area contributed by atoms with Crippen LogP contribution in [0.3, 0.4) is 0 Å². The van der Waals surface area contributed by atoms with Gasteiger partial charge in [0, 0.05) is 13.5 Å². The van der Waals surface area contributed by atoms with Crippen molar-refractivity contribution in [1.29, 1.82) is 0 Å². The Bertz CT molecular complexity index is 777. The molecule has 0 aliphatic heterocycles. The summed E-state index contributed by atoms with van der Waals surface area (Å²) in [6.45, 7) is 3.07. The average molecular weight is 368 g/mol. The van der Waals surface area contributed by atoms with Crippen LogP contribution in [0, 0.1) is 0 Å². The van der Waals surface area contributed by atoms with E-state index in [1.807, 2.05) is 60.7 Å². The van der Waals surface area contributed by atoms with E-state index in [9.17, 15) is 19.5 Å². The van der Waals surface area contributed by atoms with E-state index in [2.05, 4.69) is 5.32 Å². The standard InChI is InChI=1S/C21H24N2O4/c1-15(21(26)27)23(14-17-9-5-3-6-10-17)20(25)13-19(22-16(2)24)18-11-7-4-8-12-18/h3-12,15,19H,13-14H2,1-2H3,(H,22,24)(H,26,27). The second-order valence-electron chi connectivity index (χ2n) is 6.39. The summed E-state index contributed by atoms with van der Waals surface area (Å²) in [5, 5.41) is 12.2. The molecule has 2 rings (SSSR count). The van der Waals surface area contributed by atoms with Gasteiger partial charge in [0.1, 0.15) is 6.04 Å². The topological polar surface area (TPSA) is 86.7 Å². The molecule has 0 saturated heterocycles. The minimum absolute atomic E-state index is 0.0198. The highest BCUT2D eigenvalue weighted by Gasteiger charge is 2.28. The number of hydrogen-bond donors (Lipinski definition) is 2. The highest BCUT2D eigenvalue weighted by molar-refractivity contribution is 5.84. The molecule has 0 aromatic heterocycles. The van der Waals surface area contributed by atoms with Gasteiger partial charge in [-0.15, -0.1) is 0 Å². The van der Waals surface area contributed by atoms with E-state index < -0.39 is 18.1 Å². The summed E-state index contributed by atoms with van der Waals surface area (Å²) in [5.41, 5.74) is 1.64. The third-order valence-electron chi connectivity index (χ3n) is 4.30. The number of nitrogens with zero attached hydrogens (tertiary/aromatic N) is 1. The Hall–Kier alpha value is -3.15. The highest BCUT2D eigenvalue weighted by Crippen LogP contribution is 2.20. The van der Waals surface area contributed by atoms with Crippen LogP contribution < -0.4 is 5.32 Å². The SMILES string of the molecule is CC(=O)NC(CC(=O)N(Cc1ccccc1)C(C)C(=O)O)c1ccccc1. The molecule has 2 amide bonds. The van der Waals surface area contributed by atoms with Gasteiger partial charge in [-0.05, 0) is 18.1 Å². The molecule has 0 bridgehead atoms. The van der Waals surface area contributed by atoms with Crippen LogP contribution in [-0.4, -0.2) is 33.8 Å². The first-order valence-corrected chi connectivity index (χ1v) is 8.76. The van der Waals surface area contributed by atoms with Crippen LogP contribution in [-0.2, 0) is 20.9 Å². The molecule has 0 aliphatic carbocycles. The van der Waals surface area contributed by atoms with E-state index in [4.69, 9.17) is 0 Å². The molecular formula is C21H24N2O4. The number of rotatable bonds is 8. The van der Waals surface area contributed by atoms with Crippen molar-refractivity contribution in [3.63, 3.8) is 0 Å². The molecule has 0 radical (unpaired) electrons. The zero-order valence-electron chi connectivity index (χ0n) is 15.5. The number of aliphatic carboxylic acids is 1. The van der Waals surface area contributed by atoms with Crippen molar-refractivity contribution in [1.82, 2.24) is 10.2 Å². The van der Waals surface area contributed by atoms with Crippen molar-refractivity contribution in [2.45, 2.75) is 38.9 Å². The van der Waals surface area contributed by atoms with E-state index in [-0.39, 0.29) is 24.8 Å². The number of hydrogen-bond acceptors (Lipinski definition) is 3. The van der Waals surface area contributed by atoms with Gasteiger partial charge >= 0.3 is 5.97 Å². The third-order valence-corrected chi connectivity index (χ3v) is 4.30. The highest BCUT2D eigenvalue weighted by atomic mass is 16.4. The van der Waals surface area contributed by atoms with Crippen LogP contribution in [0.4, 0.5) is 0 Å². The predicted molar refractivity (Wildman–Crippen MR) is 102 cm³/mol. The molecule has 0 spiro atoms. The van der Waals surface area contributed by atoms with Crippen molar-refractivity contribution < 1.29 is 19.5 Å². The molecule has 27 heavy (non-hydrogen) atoms. The summed E-state index contributed by atoms with van der Waals surface area (Å²) in [5.74, 6) is -1.66. The minimum atomic E-state index is -1.07. The monoisotopic (exact) mass is 368 g/mol. The summed E-state index contributed by atoms with van der Waals surface area (Å²) in [4.78, 5) is 37.4. The van der Waals surface area contributed by atoms with Gasteiger partial charge in [-0.3, -0.25) is 9.59 Å². The Labute approximate surface area is 158 Å². The van der Waals surface area contributed by atoms with Gasteiger partial charge in [-0.1, -0.05) is 60.7 Å². The van der Waals surface area contributed by atoms with Crippen molar-refractivity contribution in [3.05, 3.63) is 71.8 Å². The molecule has 2 aromatic carbocycles. The van der Waals surface area contributed by atoms with Crippen LogP contribution >= 0.6 is 0 Å². The molecular weight excluding hydrogens is 344 g/mol. The van der Waals surface area contributed by atoms with Gasteiger partial charge in [0.15, 0.2) is 0 Å². The van der Waals surface area contributed by atoms with Crippen LogP contribution in [0.15, 0.2) is 60.7 Å². The number of nitrogens with one attached hydrogen (secondary N) is 1. The number of carbonyl (C=O) groups excluding carboxylic acids is 2. The first-order valence-electron chi connectivity index (χ1n) is 8.76. The Balaban J connectivity index is 2.23. The van der Waals surface area contributed by atoms with Crippen LogP contribution in [0.25, 0.3) is 0 Å². The van der Waals surface area contributed by atoms with Gasteiger partial charge in [0.25, 0.3) is 0 Å². The van der Waals surface area contributed by atoms with Crippen LogP contribution in [0.2, 0.25) is 0 Å². The third kappa shape index (κ3) is 5.95. The van der Waals surface area contributed by atoms with Gasteiger partial charge in [-0.25, -0.2) is 4.79 Å². The number of carboxylic acid groups (broad SMARTS) is 1. The van der Waals surface area contributed by atoms with Gasteiger partial charge in [0.2, 0.25) is 11.8 Å². The smallest absolute Gasteiger partial charge is 0.326 e. The predicted octanol–water partition coefficient (Wildman–Crippen LogP) is 2.76. The number of amides is 2. The van der Waals surface area contributed by atoms with Gasteiger partial charge in [-0.2, -0.15) is 0 Å². The molecule has 0 heterocycles. The lowest BCUT2D eigenvalue weighted by atomic mass is 10.0. The zero-order valence-corrected chi connectivity index (χ0v) is 15.5. The lowest BCUT2D eigenvalue weighted by Crippen LogP contribution is -2.44. The molecule has 2 unspecified atom stereocenters. The van der Waals surface area contributed by atoms with E-state index in [1.165, 1.54) is 18.7 Å². The Morgan fingerprint density at radius 1 is 1.00 bits per heavy atom.